The minimum atomic E-state index is -0.0101. The smallest absolute Gasteiger partial charge is 0.317 e. The van der Waals surface area contributed by atoms with Gasteiger partial charge in [-0.2, -0.15) is 0 Å². The van der Waals surface area contributed by atoms with Gasteiger partial charge in [-0.25, -0.2) is 4.79 Å². The quantitative estimate of drug-likeness (QED) is 0.781. The van der Waals surface area contributed by atoms with Gasteiger partial charge in [-0.3, -0.25) is 4.79 Å². The predicted octanol–water partition coefficient (Wildman–Crippen LogP) is 0.906. The number of rotatable bonds is 2. The summed E-state index contributed by atoms with van der Waals surface area (Å²) in [6.45, 7) is 9.17. The molecule has 0 aliphatic carbocycles. The van der Waals surface area contributed by atoms with Crippen LogP contribution in [-0.2, 0) is 4.79 Å². The van der Waals surface area contributed by atoms with Crippen LogP contribution in [-0.4, -0.2) is 54.5 Å². The van der Waals surface area contributed by atoms with E-state index in [-0.39, 0.29) is 11.9 Å². The predicted molar refractivity (Wildman–Crippen MR) is 66.7 cm³/mol. The fraction of sp³-hybridized carbons (Fsp3) is 0.833. The molecule has 0 aromatic heterocycles. The summed E-state index contributed by atoms with van der Waals surface area (Å²) in [6.07, 6.45) is 0.856. The lowest BCUT2D eigenvalue weighted by molar-refractivity contribution is -0.128. The number of carbonyl (C=O) groups is 2. The van der Waals surface area contributed by atoms with Crippen molar-refractivity contribution < 1.29 is 9.59 Å². The Hall–Kier alpha value is -1.26. The second-order valence-electron chi connectivity index (χ2n) is 4.93. The normalized spacial score (nSPS) is 16.9. The van der Waals surface area contributed by atoms with Crippen molar-refractivity contribution in [3.8, 4) is 0 Å². The zero-order valence-electron chi connectivity index (χ0n) is 11.0. The van der Waals surface area contributed by atoms with E-state index >= 15 is 0 Å². The van der Waals surface area contributed by atoms with E-state index in [0.29, 0.717) is 25.6 Å². The molecular formula is C12H23N3O2. The summed E-state index contributed by atoms with van der Waals surface area (Å²) in [7, 11) is 0. The third kappa shape index (κ3) is 4.63. The van der Waals surface area contributed by atoms with Crippen LogP contribution < -0.4 is 5.32 Å². The zero-order chi connectivity index (χ0) is 12.8. The van der Waals surface area contributed by atoms with Gasteiger partial charge in [0.15, 0.2) is 0 Å². The molecular weight excluding hydrogens is 218 g/mol. The molecule has 1 fully saturated rings. The maximum atomic E-state index is 11.8. The molecule has 0 atom stereocenters. The first-order valence-electron chi connectivity index (χ1n) is 6.29. The molecule has 1 heterocycles. The molecule has 0 aromatic rings. The molecule has 3 amide bonds. The van der Waals surface area contributed by atoms with E-state index in [4.69, 9.17) is 0 Å². The fourth-order valence-electron chi connectivity index (χ4n) is 1.84. The average molecular weight is 241 g/mol. The first-order chi connectivity index (χ1) is 8.00. The molecule has 0 aromatic carbocycles. The van der Waals surface area contributed by atoms with Crippen molar-refractivity contribution in [1.82, 2.24) is 15.1 Å². The lowest BCUT2D eigenvalue weighted by Crippen LogP contribution is -2.43. The molecule has 1 saturated heterocycles. The minimum absolute atomic E-state index is 0.0101. The van der Waals surface area contributed by atoms with E-state index in [9.17, 15) is 9.59 Å². The van der Waals surface area contributed by atoms with Crippen LogP contribution in [0, 0.1) is 5.92 Å². The number of hydrogen-bond donors (Lipinski definition) is 1. The van der Waals surface area contributed by atoms with Gasteiger partial charge in [-0.05, 0) is 12.3 Å². The Balaban J connectivity index is 2.40. The fourth-order valence-corrected chi connectivity index (χ4v) is 1.84. The van der Waals surface area contributed by atoms with Crippen LogP contribution in [0.2, 0.25) is 0 Å². The Morgan fingerprint density at radius 3 is 2.29 bits per heavy atom. The second-order valence-corrected chi connectivity index (χ2v) is 4.93. The molecule has 1 aliphatic rings. The van der Waals surface area contributed by atoms with Crippen molar-refractivity contribution >= 4 is 11.9 Å². The van der Waals surface area contributed by atoms with Gasteiger partial charge in [0.05, 0.1) is 0 Å². The molecule has 0 unspecified atom stereocenters. The third-order valence-electron chi connectivity index (χ3n) is 2.89. The van der Waals surface area contributed by atoms with Crippen LogP contribution in [0.15, 0.2) is 0 Å². The van der Waals surface area contributed by atoms with Gasteiger partial charge in [0.1, 0.15) is 0 Å². The highest BCUT2D eigenvalue weighted by atomic mass is 16.2. The number of urea groups is 1. The molecule has 1 N–H and O–H groups in total. The summed E-state index contributed by atoms with van der Waals surface area (Å²) in [5.41, 5.74) is 0. The van der Waals surface area contributed by atoms with E-state index in [1.165, 1.54) is 0 Å². The van der Waals surface area contributed by atoms with Gasteiger partial charge in [0.25, 0.3) is 0 Å². The number of amides is 3. The Labute approximate surface area is 103 Å². The summed E-state index contributed by atoms with van der Waals surface area (Å²) in [4.78, 5) is 26.7. The lowest BCUT2D eigenvalue weighted by Gasteiger charge is -2.22. The molecule has 5 nitrogen and oxygen atoms in total. The number of carbonyl (C=O) groups excluding carboxylic acids is 2. The largest absolute Gasteiger partial charge is 0.341 e. The summed E-state index contributed by atoms with van der Waals surface area (Å²) >= 11 is 0. The highest BCUT2D eigenvalue weighted by molar-refractivity contribution is 5.75. The van der Waals surface area contributed by atoms with Gasteiger partial charge in [0, 0.05) is 39.6 Å². The summed E-state index contributed by atoms with van der Waals surface area (Å²) in [5, 5.41) is 2.91. The maximum absolute atomic E-state index is 11.8. The molecule has 0 saturated carbocycles. The minimum Gasteiger partial charge on any atom is -0.341 e. The SMILES string of the molecule is CC(=O)N1CCCN(C(=O)NCC(C)C)CC1. The molecule has 0 bridgehead atoms. The monoisotopic (exact) mass is 241 g/mol. The first kappa shape index (κ1) is 13.8. The van der Waals surface area contributed by atoms with Crippen LogP contribution >= 0.6 is 0 Å². The van der Waals surface area contributed by atoms with Crippen molar-refractivity contribution in [3.05, 3.63) is 0 Å². The van der Waals surface area contributed by atoms with E-state index in [0.717, 1.165) is 19.5 Å². The Morgan fingerprint density at radius 2 is 1.71 bits per heavy atom. The topological polar surface area (TPSA) is 52.7 Å². The molecule has 5 heteroatoms. The van der Waals surface area contributed by atoms with Crippen LogP contribution in [0.5, 0.6) is 0 Å². The number of nitrogens with one attached hydrogen (secondary N) is 1. The summed E-state index contributed by atoms with van der Waals surface area (Å²) < 4.78 is 0. The molecule has 0 spiro atoms. The van der Waals surface area contributed by atoms with Crippen LogP contribution in [0.3, 0.4) is 0 Å². The van der Waals surface area contributed by atoms with Crippen molar-refractivity contribution in [2.75, 3.05) is 32.7 Å². The van der Waals surface area contributed by atoms with E-state index in [1.807, 2.05) is 0 Å². The third-order valence-corrected chi connectivity index (χ3v) is 2.89. The van der Waals surface area contributed by atoms with Crippen LogP contribution in [0.1, 0.15) is 27.2 Å². The van der Waals surface area contributed by atoms with Gasteiger partial charge in [-0.15, -0.1) is 0 Å². The summed E-state index contributed by atoms with van der Waals surface area (Å²) in [5.74, 6) is 0.550. The Bertz CT molecular complexity index is 279. The van der Waals surface area contributed by atoms with Crippen molar-refractivity contribution in [1.29, 1.82) is 0 Å². The lowest BCUT2D eigenvalue weighted by atomic mass is 10.2. The molecule has 1 aliphatic heterocycles. The van der Waals surface area contributed by atoms with Crippen molar-refractivity contribution in [3.63, 3.8) is 0 Å². The number of hydrogen-bond acceptors (Lipinski definition) is 2. The van der Waals surface area contributed by atoms with Gasteiger partial charge >= 0.3 is 6.03 Å². The number of nitrogens with zero attached hydrogens (tertiary/aromatic N) is 2. The van der Waals surface area contributed by atoms with E-state index in [2.05, 4.69) is 19.2 Å². The van der Waals surface area contributed by atoms with Crippen LogP contribution in [0.25, 0.3) is 0 Å². The molecule has 17 heavy (non-hydrogen) atoms. The highest BCUT2D eigenvalue weighted by Crippen LogP contribution is 2.03. The van der Waals surface area contributed by atoms with E-state index in [1.54, 1.807) is 16.7 Å². The average Bonchev–Trinajstić information content (AvgIpc) is 2.51. The molecule has 1 rings (SSSR count). The maximum Gasteiger partial charge on any atom is 0.317 e. The van der Waals surface area contributed by atoms with Crippen LogP contribution in [0.4, 0.5) is 4.79 Å². The summed E-state index contributed by atoms with van der Waals surface area (Å²) in [6, 6.07) is -0.0101. The standard InChI is InChI=1S/C12H23N3O2/c1-10(2)9-13-12(17)15-6-4-5-14(7-8-15)11(3)16/h10H,4-9H2,1-3H3,(H,13,17). The molecule has 0 radical (unpaired) electrons. The molecule has 98 valence electrons. The van der Waals surface area contributed by atoms with Gasteiger partial charge < -0.3 is 15.1 Å². The van der Waals surface area contributed by atoms with E-state index < -0.39 is 0 Å². The highest BCUT2D eigenvalue weighted by Gasteiger charge is 2.19. The Morgan fingerprint density at radius 1 is 1.12 bits per heavy atom. The first-order valence-corrected chi connectivity index (χ1v) is 6.29. The van der Waals surface area contributed by atoms with Crippen molar-refractivity contribution in [2.45, 2.75) is 27.2 Å². The van der Waals surface area contributed by atoms with Gasteiger partial charge in [0.2, 0.25) is 5.91 Å². The van der Waals surface area contributed by atoms with Crippen molar-refractivity contribution in [2.24, 2.45) is 5.92 Å². The van der Waals surface area contributed by atoms with Gasteiger partial charge in [-0.1, -0.05) is 13.8 Å². The zero-order valence-corrected chi connectivity index (χ0v) is 11.0. The second kappa shape index (κ2) is 6.47. The Kier molecular flexibility index (Phi) is 5.25.